The molecule has 0 fully saturated rings. The Morgan fingerprint density at radius 2 is 1.70 bits per heavy atom. The zero-order valence-electron chi connectivity index (χ0n) is 14.4. The number of ether oxygens (including phenoxy) is 1. The first-order valence-electron chi connectivity index (χ1n) is 7.80. The number of benzene rings is 1. The Kier molecular flexibility index (Phi) is 6.57. The standard InChI is InChI=1S/C17H26N2O4/c1-6-23-16(21)19(14-10-8-7-9-11-14)18-15(20)17(22,12(2)3)13(4)5/h7-13,22H,6H2,1-5H3,(H,18,20). The number of rotatable bonds is 5. The summed E-state index contributed by atoms with van der Waals surface area (Å²) in [5.41, 5.74) is 1.35. The molecular weight excluding hydrogens is 296 g/mol. The van der Waals surface area contributed by atoms with Gasteiger partial charge in [0.05, 0.1) is 12.3 Å². The molecular formula is C17H26N2O4. The summed E-state index contributed by atoms with van der Waals surface area (Å²) >= 11 is 0. The van der Waals surface area contributed by atoms with Gasteiger partial charge in [0.2, 0.25) is 0 Å². The van der Waals surface area contributed by atoms with Crippen LogP contribution in [0.3, 0.4) is 0 Å². The van der Waals surface area contributed by atoms with Crippen LogP contribution in [0.15, 0.2) is 30.3 Å². The van der Waals surface area contributed by atoms with Gasteiger partial charge in [-0.15, -0.1) is 0 Å². The van der Waals surface area contributed by atoms with E-state index in [0.29, 0.717) is 5.69 Å². The number of nitrogens with zero attached hydrogens (tertiary/aromatic N) is 1. The van der Waals surface area contributed by atoms with Gasteiger partial charge in [-0.25, -0.2) is 4.79 Å². The van der Waals surface area contributed by atoms with E-state index in [0.717, 1.165) is 5.01 Å². The molecule has 0 aliphatic rings. The molecule has 2 N–H and O–H groups in total. The summed E-state index contributed by atoms with van der Waals surface area (Å²) in [7, 11) is 0. The van der Waals surface area contributed by atoms with Crippen molar-refractivity contribution in [2.45, 2.75) is 40.2 Å². The molecule has 128 valence electrons. The number of amides is 2. The molecule has 0 aromatic heterocycles. The Hall–Kier alpha value is -2.08. The van der Waals surface area contributed by atoms with Crippen LogP contribution in [-0.4, -0.2) is 29.3 Å². The fourth-order valence-corrected chi connectivity index (χ4v) is 2.36. The molecule has 0 aliphatic carbocycles. The molecule has 0 saturated carbocycles. The topological polar surface area (TPSA) is 78.9 Å². The Balaban J connectivity index is 3.10. The lowest BCUT2D eigenvalue weighted by molar-refractivity contribution is -0.150. The van der Waals surface area contributed by atoms with Gasteiger partial charge in [0.1, 0.15) is 5.60 Å². The number of hydrogen-bond donors (Lipinski definition) is 2. The van der Waals surface area contributed by atoms with E-state index < -0.39 is 17.6 Å². The second-order valence-electron chi connectivity index (χ2n) is 5.95. The fraction of sp³-hybridized carbons (Fsp3) is 0.529. The smallest absolute Gasteiger partial charge is 0.433 e. The molecule has 0 atom stereocenters. The molecule has 6 heteroatoms. The third-order valence-electron chi connectivity index (χ3n) is 3.80. The van der Waals surface area contributed by atoms with Crippen LogP contribution < -0.4 is 10.4 Å². The van der Waals surface area contributed by atoms with Gasteiger partial charge in [0.25, 0.3) is 5.91 Å². The Morgan fingerprint density at radius 3 is 2.13 bits per heavy atom. The molecule has 0 saturated heterocycles. The summed E-state index contributed by atoms with van der Waals surface area (Å²) in [5.74, 6) is -1.27. The van der Waals surface area contributed by atoms with Gasteiger partial charge < -0.3 is 9.84 Å². The van der Waals surface area contributed by atoms with Gasteiger partial charge in [-0.3, -0.25) is 10.2 Å². The van der Waals surface area contributed by atoms with Crippen molar-refractivity contribution in [1.29, 1.82) is 0 Å². The lowest BCUT2D eigenvalue weighted by Gasteiger charge is -2.36. The van der Waals surface area contributed by atoms with Crippen molar-refractivity contribution in [1.82, 2.24) is 5.43 Å². The van der Waals surface area contributed by atoms with E-state index in [4.69, 9.17) is 4.74 Å². The monoisotopic (exact) mass is 322 g/mol. The van der Waals surface area contributed by atoms with E-state index >= 15 is 0 Å². The van der Waals surface area contributed by atoms with Gasteiger partial charge in [0.15, 0.2) is 0 Å². The SMILES string of the molecule is CCOC(=O)N(NC(=O)C(O)(C(C)C)C(C)C)c1ccccc1. The van der Waals surface area contributed by atoms with Crippen LogP contribution in [0.5, 0.6) is 0 Å². The first-order valence-corrected chi connectivity index (χ1v) is 7.80. The molecule has 2 amide bonds. The maximum atomic E-state index is 12.6. The van der Waals surface area contributed by atoms with Crippen molar-refractivity contribution in [3.05, 3.63) is 30.3 Å². The summed E-state index contributed by atoms with van der Waals surface area (Å²) < 4.78 is 4.98. The zero-order chi connectivity index (χ0) is 17.6. The van der Waals surface area contributed by atoms with Crippen LogP contribution in [0, 0.1) is 11.8 Å². The second-order valence-corrected chi connectivity index (χ2v) is 5.95. The third kappa shape index (κ3) is 4.22. The number of hydrogen-bond acceptors (Lipinski definition) is 4. The van der Waals surface area contributed by atoms with Gasteiger partial charge in [-0.2, -0.15) is 5.01 Å². The number of aliphatic hydroxyl groups is 1. The van der Waals surface area contributed by atoms with E-state index in [1.165, 1.54) is 0 Å². The van der Waals surface area contributed by atoms with E-state index in [1.807, 2.05) is 0 Å². The fourth-order valence-electron chi connectivity index (χ4n) is 2.36. The number of para-hydroxylation sites is 1. The molecule has 0 unspecified atom stereocenters. The predicted molar refractivity (Wildman–Crippen MR) is 88.7 cm³/mol. The zero-order valence-corrected chi connectivity index (χ0v) is 14.4. The Morgan fingerprint density at radius 1 is 1.17 bits per heavy atom. The highest BCUT2D eigenvalue weighted by Gasteiger charge is 2.43. The summed E-state index contributed by atoms with van der Waals surface area (Å²) in [4.78, 5) is 24.8. The summed E-state index contributed by atoms with van der Waals surface area (Å²) in [6.07, 6.45) is -0.707. The van der Waals surface area contributed by atoms with Crippen LogP contribution in [0.2, 0.25) is 0 Å². The van der Waals surface area contributed by atoms with E-state index in [2.05, 4.69) is 5.43 Å². The van der Waals surface area contributed by atoms with Crippen LogP contribution >= 0.6 is 0 Å². The van der Waals surface area contributed by atoms with Gasteiger partial charge >= 0.3 is 6.09 Å². The average molecular weight is 322 g/mol. The minimum absolute atomic E-state index is 0.177. The molecule has 0 bridgehead atoms. The van der Waals surface area contributed by atoms with Crippen molar-refractivity contribution in [2.75, 3.05) is 11.6 Å². The quantitative estimate of drug-likeness (QED) is 0.817. The average Bonchev–Trinajstić information content (AvgIpc) is 2.51. The lowest BCUT2D eigenvalue weighted by Crippen LogP contribution is -2.59. The number of nitrogens with one attached hydrogen (secondary N) is 1. The summed E-state index contributed by atoms with van der Waals surface area (Å²) in [6, 6.07) is 8.62. The van der Waals surface area contributed by atoms with E-state index in [-0.39, 0.29) is 18.4 Å². The van der Waals surface area contributed by atoms with Crippen LogP contribution in [0.1, 0.15) is 34.6 Å². The summed E-state index contributed by atoms with van der Waals surface area (Å²) in [5, 5.41) is 11.8. The number of anilines is 1. The van der Waals surface area contributed by atoms with Crippen molar-refractivity contribution >= 4 is 17.7 Å². The molecule has 0 aliphatic heterocycles. The largest absolute Gasteiger partial charge is 0.448 e. The van der Waals surface area contributed by atoms with Crippen molar-refractivity contribution in [3.8, 4) is 0 Å². The molecule has 0 heterocycles. The van der Waals surface area contributed by atoms with E-state index in [1.54, 1.807) is 65.0 Å². The summed E-state index contributed by atoms with van der Waals surface area (Å²) in [6.45, 7) is 8.90. The molecule has 0 radical (unpaired) electrons. The van der Waals surface area contributed by atoms with E-state index in [9.17, 15) is 14.7 Å². The maximum absolute atomic E-state index is 12.6. The molecule has 6 nitrogen and oxygen atoms in total. The van der Waals surface area contributed by atoms with Crippen LogP contribution in [-0.2, 0) is 9.53 Å². The first-order chi connectivity index (χ1) is 10.7. The van der Waals surface area contributed by atoms with Crippen molar-refractivity contribution in [3.63, 3.8) is 0 Å². The van der Waals surface area contributed by atoms with Gasteiger partial charge in [-0.1, -0.05) is 45.9 Å². The maximum Gasteiger partial charge on any atom is 0.433 e. The Bertz CT molecular complexity index is 521. The minimum Gasteiger partial charge on any atom is -0.448 e. The first kappa shape index (κ1) is 19.0. The molecule has 23 heavy (non-hydrogen) atoms. The highest BCUT2D eigenvalue weighted by Crippen LogP contribution is 2.27. The number of hydrazine groups is 1. The van der Waals surface area contributed by atoms with Gasteiger partial charge in [-0.05, 0) is 30.9 Å². The lowest BCUT2D eigenvalue weighted by atomic mass is 9.80. The molecule has 1 rings (SSSR count). The predicted octanol–water partition coefficient (Wildman–Crippen LogP) is 2.72. The van der Waals surface area contributed by atoms with Crippen LogP contribution in [0.4, 0.5) is 10.5 Å². The normalized spacial score (nSPS) is 11.5. The number of carbonyl (C=O) groups is 2. The van der Waals surface area contributed by atoms with Crippen molar-refractivity contribution < 1.29 is 19.4 Å². The van der Waals surface area contributed by atoms with Crippen molar-refractivity contribution in [2.24, 2.45) is 11.8 Å². The minimum atomic E-state index is -1.60. The Labute approximate surface area is 137 Å². The van der Waals surface area contributed by atoms with Crippen LogP contribution in [0.25, 0.3) is 0 Å². The highest BCUT2D eigenvalue weighted by molar-refractivity contribution is 5.95. The molecule has 1 aromatic carbocycles. The third-order valence-corrected chi connectivity index (χ3v) is 3.80. The second kappa shape index (κ2) is 7.97. The highest BCUT2D eigenvalue weighted by atomic mass is 16.6. The van der Waals surface area contributed by atoms with Gasteiger partial charge in [0, 0.05) is 0 Å². The molecule has 0 spiro atoms. The number of carbonyl (C=O) groups excluding carboxylic acids is 2. The molecule has 1 aromatic rings.